The average Bonchev–Trinajstić information content (AvgIpc) is 2.62. The van der Waals surface area contributed by atoms with Crippen LogP contribution in [0.5, 0.6) is 0 Å². The zero-order valence-corrected chi connectivity index (χ0v) is 12.3. The molecule has 1 unspecified atom stereocenters. The Morgan fingerprint density at radius 1 is 1.44 bits per heavy atom. The molecule has 0 aromatic heterocycles. The fraction of sp³-hybridized carbons (Fsp3) is 0.417. The lowest BCUT2D eigenvalue weighted by Gasteiger charge is -2.11. The van der Waals surface area contributed by atoms with Crippen LogP contribution in [0.3, 0.4) is 0 Å². The monoisotopic (exact) mass is 331 g/mol. The zero-order valence-electron chi connectivity index (χ0n) is 9.94. The molecule has 2 rings (SSSR count). The van der Waals surface area contributed by atoms with E-state index in [9.17, 15) is 13.2 Å². The summed E-state index contributed by atoms with van der Waals surface area (Å²) in [6.45, 7) is 1.90. The summed E-state index contributed by atoms with van der Waals surface area (Å²) >= 11 is 3.37. The van der Waals surface area contributed by atoms with Gasteiger partial charge in [-0.2, -0.15) is 0 Å². The molecule has 0 spiro atoms. The number of amides is 1. The molecule has 1 saturated heterocycles. The Bertz CT molecular complexity index is 583. The molecule has 0 bridgehead atoms. The molecule has 0 saturated carbocycles. The maximum atomic E-state index is 12.0. The van der Waals surface area contributed by atoms with Crippen LogP contribution in [0.15, 0.2) is 22.7 Å². The molecule has 1 aliphatic heterocycles. The van der Waals surface area contributed by atoms with E-state index in [1.54, 1.807) is 12.1 Å². The van der Waals surface area contributed by atoms with Gasteiger partial charge in [-0.1, -0.05) is 15.9 Å². The number of hydrogen-bond donors (Lipinski definition) is 1. The van der Waals surface area contributed by atoms with Crippen LogP contribution in [0.25, 0.3) is 0 Å². The highest BCUT2D eigenvalue weighted by molar-refractivity contribution is 9.10. The van der Waals surface area contributed by atoms with E-state index >= 15 is 0 Å². The van der Waals surface area contributed by atoms with E-state index in [2.05, 4.69) is 21.2 Å². The van der Waals surface area contributed by atoms with Gasteiger partial charge in [-0.15, -0.1) is 0 Å². The van der Waals surface area contributed by atoms with Gasteiger partial charge in [-0.25, -0.2) is 8.42 Å². The lowest BCUT2D eigenvalue weighted by Crippen LogP contribution is -2.35. The summed E-state index contributed by atoms with van der Waals surface area (Å²) in [6, 6.07) is 5.06. The molecule has 0 radical (unpaired) electrons. The van der Waals surface area contributed by atoms with Gasteiger partial charge in [-0.3, -0.25) is 4.79 Å². The highest BCUT2D eigenvalue weighted by atomic mass is 79.9. The van der Waals surface area contributed by atoms with E-state index in [1.807, 2.05) is 13.0 Å². The van der Waals surface area contributed by atoms with E-state index in [0.29, 0.717) is 12.0 Å². The van der Waals surface area contributed by atoms with Gasteiger partial charge in [0, 0.05) is 16.1 Å². The number of carbonyl (C=O) groups excluding carboxylic acids is 1. The minimum Gasteiger partial charge on any atom is -0.348 e. The second-order valence-corrected chi connectivity index (χ2v) is 7.62. The van der Waals surface area contributed by atoms with Crippen molar-refractivity contribution in [3.05, 3.63) is 33.8 Å². The Morgan fingerprint density at radius 3 is 2.72 bits per heavy atom. The topological polar surface area (TPSA) is 63.2 Å². The molecular weight excluding hydrogens is 318 g/mol. The van der Waals surface area contributed by atoms with Gasteiger partial charge >= 0.3 is 0 Å². The first-order valence-corrected chi connectivity index (χ1v) is 8.26. The van der Waals surface area contributed by atoms with Crippen LogP contribution in [0.2, 0.25) is 0 Å². The van der Waals surface area contributed by atoms with Crippen molar-refractivity contribution in [2.45, 2.75) is 19.4 Å². The van der Waals surface area contributed by atoms with Crippen molar-refractivity contribution < 1.29 is 13.2 Å². The lowest BCUT2D eigenvalue weighted by atomic mass is 10.1. The molecule has 1 atom stereocenters. The molecule has 1 N–H and O–H groups in total. The number of rotatable bonds is 2. The van der Waals surface area contributed by atoms with Crippen molar-refractivity contribution in [1.82, 2.24) is 5.32 Å². The van der Waals surface area contributed by atoms with Crippen LogP contribution < -0.4 is 5.32 Å². The third kappa shape index (κ3) is 3.11. The standard InChI is InChI=1S/C12H14BrNO3S/c1-8-6-9(2-3-11(8)13)12(15)14-10-4-5-18(16,17)7-10/h2-3,6,10H,4-5,7H2,1H3,(H,14,15). The molecule has 1 fully saturated rings. The Hall–Kier alpha value is -0.880. The molecule has 1 amide bonds. The van der Waals surface area contributed by atoms with Gasteiger partial charge in [0.15, 0.2) is 9.84 Å². The maximum absolute atomic E-state index is 12.0. The Labute approximate surface area is 115 Å². The molecule has 0 aliphatic carbocycles. The van der Waals surface area contributed by atoms with Crippen LogP contribution in [-0.2, 0) is 9.84 Å². The molecular formula is C12H14BrNO3S. The largest absolute Gasteiger partial charge is 0.348 e. The Kier molecular flexibility index (Phi) is 3.77. The van der Waals surface area contributed by atoms with Crippen molar-refractivity contribution in [2.24, 2.45) is 0 Å². The van der Waals surface area contributed by atoms with Gasteiger partial charge in [0.25, 0.3) is 5.91 Å². The molecule has 1 aromatic carbocycles. The normalized spacial score (nSPS) is 21.8. The molecule has 1 aromatic rings. The highest BCUT2D eigenvalue weighted by Crippen LogP contribution is 2.18. The van der Waals surface area contributed by atoms with Crippen molar-refractivity contribution in [2.75, 3.05) is 11.5 Å². The molecule has 6 heteroatoms. The summed E-state index contributed by atoms with van der Waals surface area (Å²) in [7, 11) is -2.96. The SMILES string of the molecule is Cc1cc(C(=O)NC2CCS(=O)(=O)C2)ccc1Br. The fourth-order valence-electron chi connectivity index (χ4n) is 1.96. The van der Waals surface area contributed by atoms with Crippen LogP contribution in [0.4, 0.5) is 0 Å². The van der Waals surface area contributed by atoms with Gasteiger partial charge < -0.3 is 5.32 Å². The number of hydrogen-bond acceptors (Lipinski definition) is 3. The second kappa shape index (κ2) is 5.01. The van der Waals surface area contributed by atoms with Gasteiger partial charge in [-0.05, 0) is 37.1 Å². The third-order valence-corrected chi connectivity index (χ3v) is 5.65. The first kappa shape index (κ1) is 13.5. The van der Waals surface area contributed by atoms with Crippen molar-refractivity contribution in [3.63, 3.8) is 0 Å². The quantitative estimate of drug-likeness (QED) is 0.896. The van der Waals surface area contributed by atoms with Crippen molar-refractivity contribution >= 4 is 31.7 Å². The lowest BCUT2D eigenvalue weighted by molar-refractivity contribution is 0.0941. The number of nitrogens with one attached hydrogen (secondary N) is 1. The van der Waals surface area contributed by atoms with Crippen LogP contribution in [0.1, 0.15) is 22.3 Å². The minimum atomic E-state index is -2.96. The smallest absolute Gasteiger partial charge is 0.251 e. The van der Waals surface area contributed by atoms with Crippen molar-refractivity contribution in [3.8, 4) is 0 Å². The van der Waals surface area contributed by atoms with E-state index in [-0.39, 0.29) is 23.5 Å². The summed E-state index contributed by atoms with van der Waals surface area (Å²) in [4.78, 5) is 12.0. The number of halogens is 1. The first-order chi connectivity index (χ1) is 8.37. The van der Waals surface area contributed by atoms with E-state index < -0.39 is 9.84 Å². The van der Waals surface area contributed by atoms with Gasteiger partial charge in [0.1, 0.15) is 0 Å². The first-order valence-electron chi connectivity index (χ1n) is 5.65. The summed E-state index contributed by atoms with van der Waals surface area (Å²) < 4.78 is 23.5. The van der Waals surface area contributed by atoms with Crippen LogP contribution in [-0.4, -0.2) is 31.9 Å². The Morgan fingerprint density at radius 2 is 2.17 bits per heavy atom. The maximum Gasteiger partial charge on any atom is 0.251 e. The Balaban J connectivity index is 2.06. The minimum absolute atomic E-state index is 0.0499. The van der Waals surface area contributed by atoms with Crippen LogP contribution in [0, 0.1) is 6.92 Å². The summed E-state index contributed by atoms with van der Waals surface area (Å²) in [6.07, 6.45) is 0.504. The van der Waals surface area contributed by atoms with E-state index in [1.165, 1.54) is 0 Å². The summed E-state index contributed by atoms with van der Waals surface area (Å²) in [5.74, 6) is -0.00124. The molecule has 1 aliphatic rings. The molecule has 4 nitrogen and oxygen atoms in total. The zero-order chi connectivity index (χ0) is 13.3. The molecule has 98 valence electrons. The number of carbonyl (C=O) groups is 1. The van der Waals surface area contributed by atoms with E-state index in [0.717, 1.165) is 10.0 Å². The van der Waals surface area contributed by atoms with Crippen molar-refractivity contribution in [1.29, 1.82) is 0 Å². The van der Waals surface area contributed by atoms with E-state index in [4.69, 9.17) is 0 Å². The molecule has 1 heterocycles. The number of aryl methyl sites for hydroxylation is 1. The summed E-state index contributed by atoms with van der Waals surface area (Å²) in [5, 5.41) is 2.76. The van der Waals surface area contributed by atoms with Gasteiger partial charge in [0.05, 0.1) is 11.5 Å². The van der Waals surface area contributed by atoms with Crippen LogP contribution >= 0.6 is 15.9 Å². The average molecular weight is 332 g/mol. The fourth-order valence-corrected chi connectivity index (χ4v) is 3.88. The predicted molar refractivity (Wildman–Crippen MR) is 73.4 cm³/mol. The second-order valence-electron chi connectivity index (χ2n) is 4.54. The third-order valence-electron chi connectivity index (χ3n) is 2.99. The van der Waals surface area contributed by atoms with Gasteiger partial charge in [0.2, 0.25) is 0 Å². The molecule has 18 heavy (non-hydrogen) atoms. The predicted octanol–water partition coefficient (Wildman–Crippen LogP) is 1.67. The highest BCUT2D eigenvalue weighted by Gasteiger charge is 2.29. The number of benzene rings is 1. The number of sulfone groups is 1. The summed E-state index contributed by atoms with van der Waals surface area (Å²) in [5.41, 5.74) is 1.53.